The van der Waals surface area contributed by atoms with Crippen molar-refractivity contribution >= 4 is 29.1 Å². The van der Waals surface area contributed by atoms with Crippen LogP contribution in [0.4, 0.5) is 0 Å². The van der Waals surface area contributed by atoms with Gasteiger partial charge in [-0.05, 0) is 60.6 Å². The molecule has 2 aliphatic heterocycles. The lowest BCUT2D eigenvalue weighted by atomic mass is 10.0. The fourth-order valence-corrected chi connectivity index (χ4v) is 6.39. The summed E-state index contributed by atoms with van der Waals surface area (Å²) < 4.78 is 5.32. The number of nitrogens with zero attached hydrogens (tertiary/aromatic N) is 3. The fraction of sp³-hybridized carbons (Fsp3) is 0.400. The Labute approximate surface area is 233 Å². The average Bonchev–Trinajstić information content (AvgIpc) is 3.67. The zero-order valence-electron chi connectivity index (χ0n) is 22.8. The summed E-state index contributed by atoms with van der Waals surface area (Å²) in [6, 6.07) is 12.3. The zero-order chi connectivity index (χ0) is 27.7. The lowest BCUT2D eigenvalue weighted by Crippen LogP contribution is -2.55. The molecule has 0 aliphatic carbocycles. The second kappa shape index (κ2) is 11.2. The second-order valence-corrected chi connectivity index (χ2v) is 11.4. The van der Waals surface area contributed by atoms with Gasteiger partial charge in [-0.25, -0.2) is 4.98 Å². The summed E-state index contributed by atoms with van der Waals surface area (Å²) in [6.45, 7) is 7.13. The Hall–Kier alpha value is -3.72. The maximum atomic E-state index is 13.9. The van der Waals surface area contributed by atoms with Crippen molar-refractivity contribution in [3.8, 4) is 16.2 Å². The van der Waals surface area contributed by atoms with Crippen LogP contribution in [0.1, 0.15) is 53.9 Å². The van der Waals surface area contributed by atoms with Crippen molar-refractivity contribution < 1.29 is 19.1 Å². The normalized spacial score (nSPS) is 17.5. The van der Waals surface area contributed by atoms with Crippen LogP contribution in [0.3, 0.4) is 0 Å². The molecule has 39 heavy (non-hydrogen) atoms. The maximum absolute atomic E-state index is 13.9. The summed E-state index contributed by atoms with van der Waals surface area (Å²) in [7, 11) is 1.59. The van der Waals surface area contributed by atoms with Crippen molar-refractivity contribution in [2.45, 2.75) is 58.8 Å². The molecule has 0 bridgehead atoms. The molecule has 3 aromatic rings. The largest absolute Gasteiger partial charge is 0.497 e. The third-order valence-electron chi connectivity index (χ3n) is 7.63. The Morgan fingerprint density at radius 3 is 2.62 bits per heavy atom. The first kappa shape index (κ1) is 26.9. The van der Waals surface area contributed by atoms with Gasteiger partial charge < -0.3 is 19.9 Å². The number of aromatic nitrogens is 1. The Kier molecular flexibility index (Phi) is 7.70. The number of hydrogen-bond donors (Lipinski definition) is 1. The van der Waals surface area contributed by atoms with E-state index in [1.807, 2.05) is 56.6 Å². The second-order valence-electron chi connectivity index (χ2n) is 10.5. The summed E-state index contributed by atoms with van der Waals surface area (Å²) in [4.78, 5) is 49.2. The molecule has 1 N–H and O–H groups in total. The number of methoxy groups -OCH3 is 1. The van der Waals surface area contributed by atoms with E-state index in [9.17, 15) is 14.4 Å². The van der Waals surface area contributed by atoms with Crippen molar-refractivity contribution in [1.82, 2.24) is 20.1 Å². The van der Waals surface area contributed by atoms with Crippen molar-refractivity contribution in [2.75, 3.05) is 13.7 Å². The van der Waals surface area contributed by atoms with Gasteiger partial charge in [0.25, 0.3) is 5.91 Å². The number of nitrogens with one attached hydrogen (secondary N) is 1. The van der Waals surface area contributed by atoms with Crippen LogP contribution in [-0.2, 0) is 22.7 Å². The zero-order valence-corrected chi connectivity index (χ0v) is 23.6. The third kappa shape index (κ3) is 5.28. The van der Waals surface area contributed by atoms with Gasteiger partial charge in [0.15, 0.2) is 0 Å². The lowest BCUT2D eigenvalue weighted by molar-refractivity contribution is -0.143. The SMILES string of the molecule is COc1ccc2c(c1)CN(C(C(=O)N1CCC[C@H]1C(=O)NCc1ccc(-c3scnc3C)cc1)C(C)C)C2=O. The van der Waals surface area contributed by atoms with E-state index in [1.165, 1.54) is 0 Å². The first-order valence-corrected chi connectivity index (χ1v) is 14.2. The van der Waals surface area contributed by atoms with E-state index < -0.39 is 12.1 Å². The van der Waals surface area contributed by atoms with Gasteiger partial charge in [-0.2, -0.15) is 0 Å². The molecule has 9 heteroatoms. The summed E-state index contributed by atoms with van der Waals surface area (Å²) in [6.07, 6.45) is 1.36. The monoisotopic (exact) mass is 546 g/mol. The average molecular weight is 547 g/mol. The molecule has 8 nitrogen and oxygen atoms in total. The Bertz CT molecular complexity index is 1380. The van der Waals surface area contributed by atoms with Crippen LogP contribution in [0.15, 0.2) is 48.0 Å². The predicted octanol–water partition coefficient (Wildman–Crippen LogP) is 4.41. The maximum Gasteiger partial charge on any atom is 0.255 e. The van der Waals surface area contributed by atoms with Crippen LogP contribution in [0, 0.1) is 12.8 Å². The van der Waals surface area contributed by atoms with Gasteiger partial charge in [-0.1, -0.05) is 38.1 Å². The van der Waals surface area contributed by atoms with Crippen LogP contribution < -0.4 is 10.1 Å². The molecule has 5 rings (SSSR count). The van der Waals surface area contributed by atoms with Crippen molar-refractivity contribution in [2.24, 2.45) is 5.92 Å². The third-order valence-corrected chi connectivity index (χ3v) is 8.61. The molecule has 2 aromatic carbocycles. The molecule has 0 spiro atoms. The predicted molar refractivity (Wildman–Crippen MR) is 150 cm³/mol. The Morgan fingerprint density at radius 2 is 1.95 bits per heavy atom. The van der Waals surface area contributed by atoms with Crippen LogP contribution in [0.2, 0.25) is 0 Å². The molecule has 1 unspecified atom stereocenters. The number of benzene rings is 2. The van der Waals surface area contributed by atoms with E-state index in [-0.39, 0.29) is 23.6 Å². The molecular weight excluding hydrogens is 512 g/mol. The topological polar surface area (TPSA) is 91.8 Å². The molecular formula is C30H34N4O4S. The van der Waals surface area contributed by atoms with Gasteiger partial charge in [0.1, 0.15) is 17.8 Å². The summed E-state index contributed by atoms with van der Waals surface area (Å²) in [5.74, 6) is 0.0893. The summed E-state index contributed by atoms with van der Waals surface area (Å²) in [5.41, 5.74) is 6.39. The quantitative estimate of drug-likeness (QED) is 0.452. The van der Waals surface area contributed by atoms with Gasteiger partial charge in [0, 0.05) is 25.2 Å². The minimum atomic E-state index is -0.646. The lowest BCUT2D eigenvalue weighted by Gasteiger charge is -2.35. The first-order chi connectivity index (χ1) is 18.8. The van der Waals surface area contributed by atoms with E-state index in [2.05, 4.69) is 10.3 Å². The molecule has 3 amide bonds. The number of carbonyl (C=O) groups is 3. The smallest absolute Gasteiger partial charge is 0.255 e. The van der Waals surface area contributed by atoms with E-state index in [4.69, 9.17) is 4.74 Å². The number of likely N-dealkylation sites (tertiary alicyclic amines) is 1. The number of hydrogen-bond acceptors (Lipinski definition) is 6. The number of thiazole rings is 1. The molecule has 3 heterocycles. The van der Waals surface area contributed by atoms with Crippen molar-refractivity contribution in [3.63, 3.8) is 0 Å². The van der Waals surface area contributed by atoms with Gasteiger partial charge in [-0.15, -0.1) is 11.3 Å². The minimum Gasteiger partial charge on any atom is -0.497 e. The summed E-state index contributed by atoms with van der Waals surface area (Å²) in [5, 5.41) is 3.03. The number of carbonyl (C=O) groups excluding carboxylic acids is 3. The first-order valence-electron chi connectivity index (χ1n) is 13.3. The Balaban J connectivity index is 1.25. The van der Waals surface area contributed by atoms with Crippen LogP contribution >= 0.6 is 11.3 Å². The van der Waals surface area contributed by atoms with Gasteiger partial charge >= 0.3 is 0 Å². The van der Waals surface area contributed by atoms with E-state index in [0.29, 0.717) is 37.4 Å². The highest BCUT2D eigenvalue weighted by Crippen LogP contribution is 2.32. The van der Waals surface area contributed by atoms with E-state index in [0.717, 1.165) is 33.7 Å². The number of aryl methyl sites for hydroxylation is 1. The van der Waals surface area contributed by atoms with Crippen LogP contribution in [0.25, 0.3) is 10.4 Å². The van der Waals surface area contributed by atoms with Gasteiger partial charge in [0.05, 0.1) is 23.2 Å². The van der Waals surface area contributed by atoms with Gasteiger partial charge in [0.2, 0.25) is 11.8 Å². The van der Waals surface area contributed by atoms with Crippen LogP contribution in [-0.4, -0.2) is 58.2 Å². The fourth-order valence-electron chi connectivity index (χ4n) is 5.58. The standard InChI is InChI=1S/C30H34N4O4S/c1-18(2)26(34-16-22-14-23(38-4)11-12-24(22)29(34)36)30(37)33-13-5-6-25(33)28(35)31-15-20-7-9-21(10-8-20)27-19(3)32-17-39-27/h7-12,14,17-18,25-26H,5-6,13,15-16H2,1-4H3,(H,31,35)/t25-,26?/m0/s1. The minimum absolute atomic E-state index is 0.109. The van der Waals surface area contributed by atoms with Crippen molar-refractivity contribution in [3.05, 3.63) is 70.4 Å². The number of rotatable bonds is 8. The highest BCUT2D eigenvalue weighted by Gasteiger charge is 2.43. The molecule has 1 saturated heterocycles. The number of fused-ring (bicyclic) bond motifs is 1. The van der Waals surface area contributed by atoms with Crippen molar-refractivity contribution in [1.29, 1.82) is 0 Å². The molecule has 1 aromatic heterocycles. The van der Waals surface area contributed by atoms with Gasteiger partial charge in [-0.3, -0.25) is 14.4 Å². The van der Waals surface area contributed by atoms with E-state index in [1.54, 1.807) is 40.4 Å². The highest BCUT2D eigenvalue weighted by atomic mass is 32.1. The summed E-state index contributed by atoms with van der Waals surface area (Å²) >= 11 is 1.61. The van der Waals surface area contributed by atoms with E-state index >= 15 is 0 Å². The Morgan fingerprint density at radius 1 is 1.18 bits per heavy atom. The molecule has 2 aliphatic rings. The molecule has 1 fully saturated rings. The highest BCUT2D eigenvalue weighted by molar-refractivity contribution is 7.13. The number of amides is 3. The molecule has 204 valence electrons. The molecule has 0 saturated carbocycles. The van der Waals surface area contributed by atoms with Crippen LogP contribution in [0.5, 0.6) is 5.75 Å². The molecule has 2 atom stereocenters. The molecule has 0 radical (unpaired) electrons. The number of ether oxygens (including phenoxy) is 1.